The zero-order valence-electron chi connectivity index (χ0n) is 17.3. The van der Waals surface area contributed by atoms with Crippen LogP contribution in [-0.2, 0) is 26.9 Å². The molecule has 0 radical (unpaired) electrons. The van der Waals surface area contributed by atoms with Gasteiger partial charge >= 0.3 is 0 Å². The van der Waals surface area contributed by atoms with E-state index in [0.29, 0.717) is 11.3 Å². The van der Waals surface area contributed by atoms with E-state index in [4.69, 9.17) is 0 Å². The number of hydrogen-bond donors (Lipinski definition) is 0. The lowest BCUT2D eigenvalue weighted by atomic mass is 10.1. The third kappa shape index (κ3) is 5.55. The van der Waals surface area contributed by atoms with E-state index < -0.39 is 9.84 Å². The Hall–Kier alpha value is -2.51. The molecule has 3 rings (SSSR count). The number of fused-ring (bicyclic) bond motifs is 1. The zero-order chi connectivity index (χ0) is 21.7. The highest BCUT2D eigenvalue weighted by atomic mass is 32.2. The van der Waals surface area contributed by atoms with Crippen LogP contribution in [0.1, 0.15) is 29.5 Å². The molecule has 0 aliphatic rings. The molecule has 0 saturated heterocycles. The molecule has 1 amide bonds. The number of rotatable bonds is 8. The van der Waals surface area contributed by atoms with Gasteiger partial charge in [0, 0.05) is 13.0 Å². The van der Waals surface area contributed by atoms with E-state index in [2.05, 4.69) is 37.6 Å². The summed E-state index contributed by atoms with van der Waals surface area (Å²) >= 11 is 1.47. The molecule has 3 aromatic rings. The van der Waals surface area contributed by atoms with Gasteiger partial charge in [-0.1, -0.05) is 47.7 Å². The van der Waals surface area contributed by atoms with Crippen LogP contribution in [0.25, 0.3) is 10.2 Å². The van der Waals surface area contributed by atoms with Crippen molar-refractivity contribution in [2.75, 3.05) is 5.75 Å². The van der Waals surface area contributed by atoms with Gasteiger partial charge in [0.1, 0.15) is 0 Å². The molecule has 0 spiro atoms. The molecule has 0 unspecified atom stereocenters. The minimum Gasteiger partial charge on any atom is -0.312 e. The second-order valence-corrected chi connectivity index (χ2v) is 10.6. The summed E-state index contributed by atoms with van der Waals surface area (Å²) in [6.07, 6.45) is 2.15. The number of sulfone groups is 1. The van der Waals surface area contributed by atoms with Gasteiger partial charge in [-0.05, 0) is 49.1 Å². The Labute approximate surface area is 181 Å². The standard InChI is InChI=1S/C23H26N2O3S2/c1-4-12-25-20-14-17(2)18(3)15-21(20)29-23(25)24-22(26)11-8-13-30(27,28)16-19-9-6-5-7-10-19/h4-7,9-10,14-15H,1,8,11-13,16H2,2-3H3. The van der Waals surface area contributed by atoms with Crippen LogP contribution in [0.4, 0.5) is 0 Å². The van der Waals surface area contributed by atoms with Crippen molar-refractivity contribution < 1.29 is 13.2 Å². The number of thiazole rings is 1. The van der Waals surface area contributed by atoms with Crippen molar-refractivity contribution in [3.63, 3.8) is 0 Å². The van der Waals surface area contributed by atoms with Crippen molar-refractivity contribution in [1.82, 2.24) is 4.57 Å². The number of nitrogens with zero attached hydrogens (tertiary/aromatic N) is 2. The number of allylic oxidation sites excluding steroid dienone is 1. The summed E-state index contributed by atoms with van der Waals surface area (Å²) in [6, 6.07) is 13.3. The Morgan fingerprint density at radius 3 is 2.57 bits per heavy atom. The fourth-order valence-electron chi connectivity index (χ4n) is 3.22. The molecule has 1 heterocycles. The van der Waals surface area contributed by atoms with Crippen LogP contribution in [0.3, 0.4) is 0 Å². The number of carbonyl (C=O) groups excluding carboxylic acids is 1. The van der Waals surface area contributed by atoms with Crippen molar-refractivity contribution in [2.24, 2.45) is 4.99 Å². The second-order valence-electron chi connectivity index (χ2n) is 7.37. The zero-order valence-corrected chi connectivity index (χ0v) is 18.9. The first-order valence-corrected chi connectivity index (χ1v) is 12.5. The minimum absolute atomic E-state index is 0.00642. The van der Waals surface area contributed by atoms with Gasteiger partial charge in [0.15, 0.2) is 14.6 Å². The predicted octanol–water partition coefficient (Wildman–Crippen LogP) is 4.33. The number of aromatic nitrogens is 1. The Morgan fingerprint density at radius 1 is 1.17 bits per heavy atom. The average molecular weight is 443 g/mol. The maximum atomic E-state index is 12.4. The Balaban J connectivity index is 1.72. The highest BCUT2D eigenvalue weighted by Gasteiger charge is 2.14. The highest BCUT2D eigenvalue weighted by Crippen LogP contribution is 2.22. The molecule has 7 heteroatoms. The van der Waals surface area contributed by atoms with E-state index in [1.54, 1.807) is 18.2 Å². The summed E-state index contributed by atoms with van der Waals surface area (Å²) in [5.41, 5.74) is 4.16. The first-order chi connectivity index (χ1) is 14.3. The molecule has 0 bridgehead atoms. The molecule has 2 aromatic carbocycles. The molecule has 30 heavy (non-hydrogen) atoms. The van der Waals surface area contributed by atoms with Crippen LogP contribution in [-0.4, -0.2) is 24.6 Å². The molecule has 0 aliphatic carbocycles. The summed E-state index contributed by atoms with van der Waals surface area (Å²) in [4.78, 5) is 17.3. The van der Waals surface area contributed by atoms with E-state index in [0.717, 1.165) is 15.8 Å². The monoisotopic (exact) mass is 442 g/mol. The normalized spacial score (nSPS) is 12.4. The summed E-state index contributed by atoms with van der Waals surface area (Å²) in [7, 11) is -3.26. The highest BCUT2D eigenvalue weighted by molar-refractivity contribution is 7.90. The van der Waals surface area contributed by atoms with E-state index in [-0.39, 0.29) is 30.3 Å². The van der Waals surface area contributed by atoms with Gasteiger partial charge in [-0.15, -0.1) is 6.58 Å². The smallest absolute Gasteiger partial charge is 0.248 e. The lowest BCUT2D eigenvalue weighted by Crippen LogP contribution is -2.17. The van der Waals surface area contributed by atoms with Gasteiger partial charge in [0.25, 0.3) is 0 Å². The van der Waals surface area contributed by atoms with E-state index in [9.17, 15) is 13.2 Å². The predicted molar refractivity (Wildman–Crippen MR) is 123 cm³/mol. The quantitative estimate of drug-likeness (QED) is 0.488. The molecule has 1 aromatic heterocycles. The molecular weight excluding hydrogens is 416 g/mol. The van der Waals surface area contributed by atoms with Gasteiger partial charge in [-0.25, -0.2) is 8.42 Å². The first-order valence-electron chi connectivity index (χ1n) is 9.82. The molecule has 0 atom stereocenters. The van der Waals surface area contributed by atoms with E-state index >= 15 is 0 Å². The van der Waals surface area contributed by atoms with Crippen LogP contribution < -0.4 is 4.80 Å². The fourth-order valence-corrected chi connectivity index (χ4v) is 5.78. The SMILES string of the molecule is C=CCn1c(=NC(=O)CCCS(=O)(=O)Cc2ccccc2)sc2cc(C)c(C)cc21. The Kier molecular flexibility index (Phi) is 7.05. The number of hydrogen-bond acceptors (Lipinski definition) is 4. The number of aryl methyl sites for hydroxylation is 2. The first kappa shape index (κ1) is 22.2. The lowest BCUT2D eigenvalue weighted by Gasteiger charge is -2.04. The molecule has 0 saturated carbocycles. The van der Waals surface area contributed by atoms with E-state index in [1.165, 1.54) is 22.5 Å². The average Bonchev–Trinajstić information content (AvgIpc) is 2.99. The topological polar surface area (TPSA) is 68.5 Å². The van der Waals surface area contributed by atoms with Crippen LogP contribution in [0.2, 0.25) is 0 Å². The van der Waals surface area contributed by atoms with Gasteiger partial charge in [-0.2, -0.15) is 4.99 Å². The third-order valence-corrected chi connectivity index (χ3v) is 7.63. The molecule has 0 aliphatic heterocycles. The Bertz CT molecular complexity index is 1240. The Morgan fingerprint density at radius 2 is 1.87 bits per heavy atom. The van der Waals surface area contributed by atoms with Crippen molar-refractivity contribution >= 4 is 37.3 Å². The number of amides is 1. The number of carbonyl (C=O) groups is 1. The van der Waals surface area contributed by atoms with Crippen molar-refractivity contribution in [1.29, 1.82) is 0 Å². The molecular formula is C23H26N2O3S2. The van der Waals surface area contributed by atoms with Crippen LogP contribution in [0, 0.1) is 13.8 Å². The summed E-state index contributed by atoms with van der Waals surface area (Å²) < 4.78 is 27.7. The maximum absolute atomic E-state index is 12.4. The van der Waals surface area contributed by atoms with Gasteiger partial charge in [0.05, 0.1) is 21.7 Å². The van der Waals surface area contributed by atoms with Gasteiger partial charge in [-0.3, -0.25) is 4.79 Å². The van der Waals surface area contributed by atoms with E-state index in [1.807, 2.05) is 22.8 Å². The van der Waals surface area contributed by atoms with Crippen molar-refractivity contribution in [3.05, 3.63) is 76.6 Å². The van der Waals surface area contributed by atoms with Crippen molar-refractivity contribution in [2.45, 2.75) is 39.0 Å². The third-order valence-electron chi connectivity index (χ3n) is 4.91. The fraction of sp³-hybridized carbons (Fsp3) is 0.304. The number of benzene rings is 2. The summed E-state index contributed by atoms with van der Waals surface area (Å²) in [5.74, 6) is -0.337. The maximum Gasteiger partial charge on any atom is 0.248 e. The molecule has 5 nitrogen and oxygen atoms in total. The second kappa shape index (κ2) is 9.53. The molecule has 0 fully saturated rings. The molecule has 158 valence electrons. The summed E-state index contributed by atoms with van der Waals surface area (Å²) in [5, 5.41) is 0. The summed E-state index contributed by atoms with van der Waals surface area (Å²) in [6.45, 7) is 8.48. The van der Waals surface area contributed by atoms with Crippen LogP contribution in [0.5, 0.6) is 0 Å². The molecule has 0 N–H and O–H groups in total. The lowest BCUT2D eigenvalue weighted by molar-refractivity contribution is -0.118. The van der Waals surface area contributed by atoms with Gasteiger partial charge in [0.2, 0.25) is 5.91 Å². The van der Waals surface area contributed by atoms with Crippen LogP contribution in [0.15, 0.2) is 60.1 Å². The van der Waals surface area contributed by atoms with Crippen LogP contribution >= 0.6 is 11.3 Å². The largest absolute Gasteiger partial charge is 0.312 e. The van der Waals surface area contributed by atoms with Crippen molar-refractivity contribution in [3.8, 4) is 0 Å². The minimum atomic E-state index is -3.26. The van der Waals surface area contributed by atoms with Gasteiger partial charge < -0.3 is 4.57 Å².